The van der Waals surface area contributed by atoms with Gasteiger partial charge in [-0.1, -0.05) is 0 Å². The van der Waals surface area contributed by atoms with Crippen LogP contribution in [0.1, 0.15) is 13.3 Å². The molecule has 0 aromatic heterocycles. The summed E-state index contributed by atoms with van der Waals surface area (Å²) < 4.78 is 10.1. The van der Waals surface area contributed by atoms with Gasteiger partial charge in [0.1, 0.15) is 0 Å². The first-order valence-electron chi connectivity index (χ1n) is 6.52. The molecule has 7 heteroatoms. The number of methoxy groups -OCH3 is 1. The smallest absolute Gasteiger partial charge is 0.239 e. The van der Waals surface area contributed by atoms with Crippen LogP contribution in [0, 0.1) is 0 Å². The molecule has 3 N–H and O–H groups in total. The summed E-state index contributed by atoms with van der Waals surface area (Å²) in [4.78, 5) is 15.4. The topological polar surface area (TPSA) is 84.0 Å². The van der Waals surface area contributed by atoms with E-state index in [1.54, 1.807) is 14.2 Å². The van der Waals surface area contributed by atoms with Gasteiger partial charge in [0.25, 0.3) is 0 Å². The molecular formula is C12H26N4O3. The van der Waals surface area contributed by atoms with Crippen LogP contribution in [0.2, 0.25) is 0 Å². The van der Waals surface area contributed by atoms with Crippen LogP contribution in [0.4, 0.5) is 0 Å². The molecule has 0 rings (SSSR count). The first-order valence-corrected chi connectivity index (χ1v) is 6.52. The van der Waals surface area contributed by atoms with Crippen molar-refractivity contribution in [1.82, 2.24) is 16.0 Å². The number of nitrogens with one attached hydrogen (secondary N) is 3. The van der Waals surface area contributed by atoms with Crippen molar-refractivity contribution in [3.8, 4) is 0 Å². The van der Waals surface area contributed by atoms with Gasteiger partial charge >= 0.3 is 0 Å². The monoisotopic (exact) mass is 274 g/mol. The van der Waals surface area contributed by atoms with Crippen LogP contribution in [0.15, 0.2) is 4.99 Å². The maximum Gasteiger partial charge on any atom is 0.239 e. The van der Waals surface area contributed by atoms with Crippen LogP contribution >= 0.6 is 0 Å². The molecule has 0 aromatic carbocycles. The lowest BCUT2D eigenvalue weighted by molar-refractivity contribution is -0.120. The van der Waals surface area contributed by atoms with Gasteiger partial charge in [0.2, 0.25) is 5.91 Å². The Morgan fingerprint density at radius 3 is 2.58 bits per heavy atom. The van der Waals surface area contributed by atoms with Crippen LogP contribution in [-0.2, 0) is 14.3 Å². The molecule has 19 heavy (non-hydrogen) atoms. The molecule has 0 aliphatic rings. The molecular weight excluding hydrogens is 248 g/mol. The number of hydrogen-bond acceptors (Lipinski definition) is 4. The zero-order valence-corrected chi connectivity index (χ0v) is 12.1. The van der Waals surface area contributed by atoms with Crippen molar-refractivity contribution in [3.05, 3.63) is 0 Å². The molecule has 112 valence electrons. The first-order chi connectivity index (χ1) is 9.24. The van der Waals surface area contributed by atoms with E-state index < -0.39 is 0 Å². The molecule has 7 nitrogen and oxygen atoms in total. The fraction of sp³-hybridized carbons (Fsp3) is 0.833. The SMILES string of the molecule is CCOCCCNC(=NC)NCC(=O)NCCOC. The number of carbonyl (C=O) groups is 1. The van der Waals surface area contributed by atoms with E-state index in [1.165, 1.54) is 0 Å². The highest BCUT2D eigenvalue weighted by atomic mass is 16.5. The van der Waals surface area contributed by atoms with E-state index >= 15 is 0 Å². The van der Waals surface area contributed by atoms with Crippen molar-refractivity contribution in [2.45, 2.75) is 13.3 Å². The van der Waals surface area contributed by atoms with E-state index in [9.17, 15) is 4.79 Å². The summed E-state index contributed by atoms with van der Waals surface area (Å²) in [5.74, 6) is 0.521. The van der Waals surface area contributed by atoms with Crippen molar-refractivity contribution in [2.24, 2.45) is 4.99 Å². The molecule has 0 atom stereocenters. The molecule has 1 amide bonds. The number of amides is 1. The molecule has 0 aromatic rings. The van der Waals surface area contributed by atoms with Gasteiger partial charge in [0.15, 0.2) is 5.96 Å². The highest BCUT2D eigenvalue weighted by Gasteiger charge is 2.02. The average molecular weight is 274 g/mol. The Kier molecular flexibility index (Phi) is 12.2. The maximum atomic E-state index is 11.4. The zero-order chi connectivity index (χ0) is 14.3. The maximum absolute atomic E-state index is 11.4. The van der Waals surface area contributed by atoms with Crippen molar-refractivity contribution in [3.63, 3.8) is 0 Å². The summed E-state index contributed by atoms with van der Waals surface area (Å²) in [5.41, 5.74) is 0. The van der Waals surface area contributed by atoms with Crippen LogP contribution in [-0.4, -0.2) is 65.5 Å². The van der Waals surface area contributed by atoms with Crippen molar-refractivity contribution >= 4 is 11.9 Å². The minimum absolute atomic E-state index is 0.0886. The Hall–Kier alpha value is -1.34. The number of carbonyl (C=O) groups excluding carboxylic acids is 1. The molecule has 0 saturated carbocycles. The van der Waals surface area contributed by atoms with E-state index in [-0.39, 0.29) is 12.5 Å². The molecule has 0 spiro atoms. The fourth-order valence-corrected chi connectivity index (χ4v) is 1.26. The van der Waals surface area contributed by atoms with E-state index in [0.717, 1.165) is 26.2 Å². The van der Waals surface area contributed by atoms with Crippen LogP contribution in [0.25, 0.3) is 0 Å². The minimum atomic E-state index is -0.0886. The lowest BCUT2D eigenvalue weighted by Gasteiger charge is -2.11. The number of hydrogen-bond donors (Lipinski definition) is 3. The summed E-state index contributed by atoms with van der Waals surface area (Å²) in [6.45, 7) is 5.39. The lowest BCUT2D eigenvalue weighted by Crippen LogP contribution is -2.44. The summed E-state index contributed by atoms with van der Waals surface area (Å²) in [5, 5.41) is 8.76. The zero-order valence-electron chi connectivity index (χ0n) is 12.1. The van der Waals surface area contributed by atoms with E-state index in [1.807, 2.05) is 6.92 Å². The van der Waals surface area contributed by atoms with Gasteiger partial charge in [-0.3, -0.25) is 9.79 Å². The second kappa shape index (κ2) is 13.1. The lowest BCUT2D eigenvalue weighted by atomic mass is 10.4. The Morgan fingerprint density at radius 2 is 1.95 bits per heavy atom. The van der Waals surface area contributed by atoms with Crippen LogP contribution in [0.3, 0.4) is 0 Å². The molecule has 0 unspecified atom stereocenters. The number of aliphatic imine (C=N–C) groups is 1. The third kappa shape index (κ3) is 11.5. The number of rotatable bonds is 10. The van der Waals surface area contributed by atoms with Gasteiger partial charge < -0.3 is 25.4 Å². The predicted molar refractivity (Wildman–Crippen MR) is 75.4 cm³/mol. The summed E-state index contributed by atoms with van der Waals surface area (Å²) >= 11 is 0. The average Bonchev–Trinajstić information content (AvgIpc) is 2.42. The number of nitrogens with zero attached hydrogens (tertiary/aromatic N) is 1. The van der Waals surface area contributed by atoms with E-state index in [2.05, 4.69) is 20.9 Å². The van der Waals surface area contributed by atoms with Crippen molar-refractivity contribution in [1.29, 1.82) is 0 Å². The Morgan fingerprint density at radius 1 is 1.16 bits per heavy atom. The number of ether oxygens (including phenoxy) is 2. The fourth-order valence-electron chi connectivity index (χ4n) is 1.26. The second-order valence-corrected chi connectivity index (χ2v) is 3.75. The Bertz CT molecular complexity index is 259. The molecule has 0 saturated heterocycles. The Balaban J connectivity index is 3.61. The van der Waals surface area contributed by atoms with Gasteiger partial charge in [-0.2, -0.15) is 0 Å². The standard InChI is InChI=1S/C12H26N4O3/c1-4-19-8-5-6-15-12(13-2)16-10-11(17)14-7-9-18-3/h4-10H2,1-3H3,(H,14,17)(H2,13,15,16). The van der Waals surface area contributed by atoms with Gasteiger partial charge in [-0.05, 0) is 13.3 Å². The molecule has 0 bridgehead atoms. The van der Waals surface area contributed by atoms with Gasteiger partial charge in [-0.15, -0.1) is 0 Å². The molecule has 0 heterocycles. The predicted octanol–water partition coefficient (Wildman–Crippen LogP) is -0.659. The second-order valence-electron chi connectivity index (χ2n) is 3.75. The third-order valence-corrected chi connectivity index (χ3v) is 2.23. The van der Waals surface area contributed by atoms with E-state index in [0.29, 0.717) is 19.1 Å². The normalized spacial score (nSPS) is 11.2. The van der Waals surface area contributed by atoms with Crippen LogP contribution < -0.4 is 16.0 Å². The summed E-state index contributed by atoms with van der Waals surface area (Å²) in [6, 6.07) is 0. The minimum Gasteiger partial charge on any atom is -0.383 e. The van der Waals surface area contributed by atoms with E-state index in [4.69, 9.17) is 9.47 Å². The highest BCUT2D eigenvalue weighted by Crippen LogP contribution is 1.80. The highest BCUT2D eigenvalue weighted by molar-refractivity contribution is 5.86. The molecule has 0 fully saturated rings. The van der Waals surface area contributed by atoms with Gasteiger partial charge in [-0.25, -0.2) is 0 Å². The first kappa shape index (κ1) is 17.7. The summed E-state index contributed by atoms with van der Waals surface area (Å²) in [6.07, 6.45) is 0.897. The quantitative estimate of drug-likeness (QED) is 0.280. The Labute approximate surface area is 115 Å². The molecule has 0 radical (unpaired) electrons. The largest absolute Gasteiger partial charge is 0.383 e. The van der Waals surface area contributed by atoms with Gasteiger partial charge in [0, 0.05) is 40.5 Å². The summed E-state index contributed by atoms with van der Waals surface area (Å²) in [7, 11) is 3.26. The van der Waals surface area contributed by atoms with Crippen LogP contribution in [0.5, 0.6) is 0 Å². The van der Waals surface area contributed by atoms with Gasteiger partial charge in [0.05, 0.1) is 13.2 Å². The molecule has 0 aliphatic carbocycles. The third-order valence-electron chi connectivity index (χ3n) is 2.23. The van der Waals surface area contributed by atoms with Crippen molar-refractivity contribution < 1.29 is 14.3 Å². The molecule has 0 aliphatic heterocycles. The van der Waals surface area contributed by atoms with Crippen molar-refractivity contribution in [2.75, 3.05) is 53.6 Å². The number of guanidine groups is 1.